The van der Waals surface area contributed by atoms with E-state index in [1.807, 2.05) is 29.2 Å². The smallest absolute Gasteiger partial charge is 0.355 e. The first kappa shape index (κ1) is 19.2. The number of nitrogens with one attached hydrogen (secondary N) is 1. The molecule has 6 nitrogen and oxygen atoms in total. The van der Waals surface area contributed by atoms with Crippen molar-refractivity contribution in [3.8, 4) is 0 Å². The number of carbonyl (C=O) groups excluding carboxylic acids is 1. The van der Waals surface area contributed by atoms with Crippen molar-refractivity contribution in [1.82, 2.24) is 9.88 Å². The summed E-state index contributed by atoms with van der Waals surface area (Å²) in [5.41, 5.74) is 1.11. The van der Waals surface area contributed by atoms with Gasteiger partial charge in [0, 0.05) is 46.8 Å². The predicted octanol–water partition coefficient (Wildman–Crippen LogP) is 3.80. The highest BCUT2D eigenvalue weighted by atomic mass is 79.9. The van der Waals surface area contributed by atoms with Crippen LogP contribution in [-0.2, 0) is 4.79 Å². The molecule has 2 N–H and O–H groups in total. The highest BCUT2D eigenvalue weighted by molar-refractivity contribution is 9.10. The predicted molar refractivity (Wildman–Crippen MR) is 107 cm³/mol. The quantitative estimate of drug-likeness (QED) is 0.589. The van der Waals surface area contributed by atoms with Crippen molar-refractivity contribution >= 4 is 56.6 Å². The molecule has 3 rings (SSSR count). The number of carboxylic acid groups (broad SMARTS) is 1. The summed E-state index contributed by atoms with van der Waals surface area (Å²) in [7, 11) is 0. The highest BCUT2D eigenvalue weighted by Crippen LogP contribution is 2.25. The number of thiazole rings is 1. The maximum absolute atomic E-state index is 12.2. The molecular weight excluding hydrogens is 438 g/mol. The van der Waals surface area contributed by atoms with Gasteiger partial charge < -0.3 is 15.3 Å². The molecule has 2 aromatic rings. The molecular formula is C17H18BrN3O3S2. The van der Waals surface area contributed by atoms with Crippen LogP contribution < -0.4 is 5.32 Å². The zero-order valence-electron chi connectivity index (χ0n) is 13.9. The van der Waals surface area contributed by atoms with Gasteiger partial charge in [-0.2, -0.15) is 0 Å². The molecule has 26 heavy (non-hydrogen) atoms. The minimum atomic E-state index is -1.01. The van der Waals surface area contributed by atoms with E-state index in [1.165, 1.54) is 28.5 Å². The minimum absolute atomic E-state index is 0.0753. The van der Waals surface area contributed by atoms with Gasteiger partial charge in [0.05, 0.1) is 0 Å². The van der Waals surface area contributed by atoms with E-state index in [-0.39, 0.29) is 17.6 Å². The Morgan fingerprint density at radius 2 is 2.19 bits per heavy atom. The number of carboxylic acids is 1. The standard InChI is InChI=1S/C17H18BrN3O3S2/c18-11-1-3-12(4-2-11)19-9-13-5-6-15(22)21(13)7-8-25-17-20-14(10-26-17)16(23)24/h1-4,10,13,19H,5-9H2,(H,23,24). The lowest BCUT2D eigenvalue weighted by Gasteiger charge is -2.25. The van der Waals surface area contributed by atoms with E-state index in [0.717, 1.165) is 27.5 Å². The van der Waals surface area contributed by atoms with Gasteiger partial charge >= 0.3 is 5.97 Å². The van der Waals surface area contributed by atoms with E-state index in [9.17, 15) is 9.59 Å². The van der Waals surface area contributed by atoms with Gasteiger partial charge in [-0.05, 0) is 30.7 Å². The molecule has 0 radical (unpaired) electrons. The summed E-state index contributed by atoms with van der Waals surface area (Å²) in [5.74, 6) is -0.131. The Bertz CT molecular complexity index is 782. The number of halogens is 1. The van der Waals surface area contributed by atoms with Crippen LogP contribution in [0.25, 0.3) is 0 Å². The Balaban J connectivity index is 1.49. The second-order valence-corrected chi connectivity index (χ2v) is 8.94. The summed E-state index contributed by atoms with van der Waals surface area (Å²) in [6, 6.07) is 8.15. The van der Waals surface area contributed by atoms with Crippen molar-refractivity contribution in [3.63, 3.8) is 0 Å². The Morgan fingerprint density at radius 3 is 2.88 bits per heavy atom. The number of hydrogen-bond donors (Lipinski definition) is 2. The van der Waals surface area contributed by atoms with Crippen LogP contribution in [-0.4, -0.2) is 51.8 Å². The summed E-state index contributed by atoms with van der Waals surface area (Å²) in [6.45, 7) is 1.36. The molecule has 1 aromatic heterocycles. The molecule has 1 aliphatic rings. The summed E-state index contributed by atoms with van der Waals surface area (Å²) in [6.07, 6.45) is 1.44. The highest BCUT2D eigenvalue weighted by Gasteiger charge is 2.30. The number of carbonyl (C=O) groups is 2. The van der Waals surface area contributed by atoms with Gasteiger partial charge in [0.15, 0.2) is 10.0 Å². The van der Waals surface area contributed by atoms with Gasteiger partial charge in [0.25, 0.3) is 0 Å². The summed E-state index contributed by atoms with van der Waals surface area (Å²) >= 11 is 6.23. The average molecular weight is 456 g/mol. The van der Waals surface area contributed by atoms with Crippen LogP contribution in [0.4, 0.5) is 5.69 Å². The lowest BCUT2D eigenvalue weighted by atomic mass is 10.2. The zero-order chi connectivity index (χ0) is 18.5. The van der Waals surface area contributed by atoms with Crippen LogP contribution >= 0.6 is 39.0 Å². The Labute approximate surface area is 168 Å². The zero-order valence-corrected chi connectivity index (χ0v) is 17.1. The van der Waals surface area contributed by atoms with Crippen molar-refractivity contribution in [3.05, 3.63) is 39.8 Å². The Kier molecular flexibility index (Phi) is 6.55. The van der Waals surface area contributed by atoms with Crippen molar-refractivity contribution in [2.45, 2.75) is 23.2 Å². The largest absolute Gasteiger partial charge is 0.476 e. The number of benzene rings is 1. The normalized spacial score (nSPS) is 16.9. The topological polar surface area (TPSA) is 82.5 Å². The summed E-state index contributed by atoms with van der Waals surface area (Å²) in [4.78, 5) is 29.0. The molecule has 1 aliphatic heterocycles. The third kappa shape index (κ3) is 4.99. The molecule has 1 atom stereocenters. The number of rotatable bonds is 8. The van der Waals surface area contributed by atoms with Gasteiger partial charge in [-0.25, -0.2) is 9.78 Å². The lowest BCUT2D eigenvalue weighted by Crippen LogP contribution is -2.39. The molecule has 0 saturated carbocycles. The molecule has 1 saturated heterocycles. The van der Waals surface area contributed by atoms with Crippen molar-refractivity contribution < 1.29 is 14.7 Å². The summed E-state index contributed by atoms with van der Waals surface area (Å²) in [5, 5.41) is 13.8. The van der Waals surface area contributed by atoms with E-state index < -0.39 is 5.97 Å². The monoisotopic (exact) mass is 455 g/mol. The molecule has 0 aliphatic carbocycles. The SMILES string of the molecule is O=C(O)c1csc(SCCN2C(=O)CCC2CNc2ccc(Br)cc2)n1. The lowest BCUT2D eigenvalue weighted by molar-refractivity contribution is -0.128. The molecule has 1 fully saturated rings. The molecule has 2 heterocycles. The van der Waals surface area contributed by atoms with Gasteiger partial charge in [0.2, 0.25) is 5.91 Å². The third-order valence-corrected chi connectivity index (χ3v) is 6.63. The Morgan fingerprint density at radius 1 is 1.42 bits per heavy atom. The van der Waals surface area contributed by atoms with Crippen LogP contribution in [0.3, 0.4) is 0 Å². The first-order valence-corrected chi connectivity index (χ1v) is 10.8. The van der Waals surface area contributed by atoms with Crippen LogP contribution in [0.1, 0.15) is 23.3 Å². The number of anilines is 1. The minimum Gasteiger partial charge on any atom is -0.476 e. The van der Waals surface area contributed by atoms with E-state index in [0.29, 0.717) is 18.7 Å². The van der Waals surface area contributed by atoms with Crippen molar-refractivity contribution in [2.75, 3.05) is 24.2 Å². The van der Waals surface area contributed by atoms with Gasteiger partial charge in [-0.3, -0.25) is 4.79 Å². The number of hydrogen-bond acceptors (Lipinski definition) is 6. The van der Waals surface area contributed by atoms with E-state index in [1.54, 1.807) is 0 Å². The molecule has 1 unspecified atom stereocenters. The second kappa shape index (κ2) is 8.88. The average Bonchev–Trinajstić information content (AvgIpc) is 3.23. The maximum atomic E-state index is 12.2. The van der Waals surface area contributed by atoms with Crippen LogP contribution in [0.5, 0.6) is 0 Å². The molecule has 0 spiro atoms. The molecule has 0 bridgehead atoms. The van der Waals surface area contributed by atoms with Gasteiger partial charge in [-0.1, -0.05) is 27.7 Å². The fourth-order valence-electron chi connectivity index (χ4n) is 2.77. The number of thioether (sulfide) groups is 1. The molecule has 1 amide bonds. The fourth-order valence-corrected chi connectivity index (χ4v) is 4.84. The first-order valence-electron chi connectivity index (χ1n) is 8.13. The van der Waals surface area contributed by atoms with Crippen molar-refractivity contribution in [2.24, 2.45) is 0 Å². The Hall–Kier alpha value is -1.58. The van der Waals surface area contributed by atoms with Crippen LogP contribution in [0.2, 0.25) is 0 Å². The van der Waals surface area contributed by atoms with E-state index in [2.05, 4.69) is 26.2 Å². The fraction of sp³-hybridized carbons (Fsp3) is 0.353. The van der Waals surface area contributed by atoms with E-state index in [4.69, 9.17) is 5.11 Å². The number of aromatic carboxylic acids is 1. The van der Waals surface area contributed by atoms with Gasteiger partial charge in [0.1, 0.15) is 0 Å². The maximum Gasteiger partial charge on any atom is 0.355 e. The molecule has 9 heteroatoms. The number of nitrogens with zero attached hydrogens (tertiary/aromatic N) is 2. The summed E-state index contributed by atoms with van der Waals surface area (Å²) < 4.78 is 1.75. The second-order valence-electron chi connectivity index (χ2n) is 5.82. The number of amides is 1. The van der Waals surface area contributed by atoms with Crippen molar-refractivity contribution in [1.29, 1.82) is 0 Å². The molecule has 1 aromatic carbocycles. The van der Waals surface area contributed by atoms with Gasteiger partial charge in [-0.15, -0.1) is 11.3 Å². The van der Waals surface area contributed by atoms with Crippen LogP contribution in [0.15, 0.2) is 38.5 Å². The number of aromatic nitrogens is 1. The molecule has 138 valence electrons. The van der Waals surface area contributed by atoms with E-state index >= 15 is 0 Å². The first-order chi connectivity index (χ1) is 12.5. The third-order valence-electron chi connectivity index (χ3n) is 4.10. The van der Waals surface area contributed by atoms with Crippen LogP contribution in [0, 0.1) is 0 Å². The number of likely N-dealkylation sites (tertiary alicyclic amines) is 1.